The number of rotatable bonds is 3. The van der Waals surface area contributed by atoms with Gasteiger partial charge >= 0.3 is 0 Å². The van der Waals surface area contributed by atoms with E-state index in [-0.39, 0.29) is 0 Å². The van der Waals surface area contributed by atoms with Gasteiger partial charge in [0.1, 0.15) is 0 Å². The standard InChI is InChI=1S/C15H32N2/c1-8-13-9-16-14(15(5,6)7)10-17(13)12(4)11(2)3/h11-14,16H,8-10H2,1-7H3. The molecule has 0 aromatic rings. The minimum absolute atomic E-state index is 0.355. The molecule has 3 unspecified atom stereocenters. The fourth-order valence-electron chi connectivity index (χ4n) is 2.66. The molecule has 1 saturated heterocycles. The summed E-state index contributed by atoms with van der Waals surface area (Å²) in [5, 5.41) is 3.74. The third-order valence-electron chi connectivity index (χ3n) is 4.47. The third-order valence-corrected chi connectivity index (χ3v) is 4.47. The first kappa shape index (κ1) is 15.0. The Bertz CT molecular complexity index is 228. The van der Waals surface area contributed by atoms with Crippen molar-refractivity contribution in [3.8, 4) is 0 Å². The van der Waals surface area contributed by atoms with Crippen molar-refractivity contribution >= 4 is 0 Å². The van der Waals surface area contributed by atoms with Gasteiger partial charge in [0.15, 0.2) is 0 Å². The maximum absolute atomic E-state index is 3.74. The van der Waals surface area contributed by atoms with E-state index in [1.165, 1.54) is 13.0 Å². The Morgan fingerprint density at radius 1 is 1.24 bits per heavy atom. The van der Waals surface area contributed by atoms with Gasteiger partial charge in [-0.1, -0.05) is 41.5 Å². The van der Waals surface area contributed by atoms with Crippen LogP contribution in [-0.4, -0.2) is 36.1 Å². The second kappa shape index (κ2) is 5.71. The highest BCUT2D eigenvalue weighted by atomic mass is 15.3. The normalized spacial score (nSPS) is 29.6. The fourth-order valence-corrected chi connectivity index (χ4v) is 2.66. The van der Waals surface area contributed by atoms with Crippen LogP contribution in [0, 0.1) is 11.3 Å². The number of hydrogen-bond donors (Lipinski definition) is 1. The Morgan fingerprint density at radius 2 is 1.82 bits per heavy atom. The van der Waals surface area contributed by atoms with Gasteiger partial charge in [0.2, 0.25) is 0 Å². The summed E-state index contributed by atoms with van der Waals surface area (Å²) in [6.45, 7) is 18.7. The van der Waals surface area contributed by atoms with Crippen molar-refractivity contribution in [2.45, 2.75) is 73.0 Å². The van der Waals surface area contributed by atoms with E-state index in [2.05, 4.69) is 58.7 Å². The molecule has 0 radical (unpaired) electrons. The van der Waals surface area contributed by atoms with Gasteiger partial charge in [-0.2, -0.15) is 0 Å². The number of hydrogen-bond acceptors (Lipinski definition) is 2. The van der Waals surface area contributed by atoms with Crippen molar-refractivity contribution in [3.63, 3.8) is 0 Å². The SMILES string of the molecule is CCC1CNC(C(C)(C)C)CN1C(C)C(C)C. The molecule has 0 spiro atoms. The lowest BCUT2D eigenvalue weighted by molar-refractivity contribution is 0.0376. The molecule has 0 aliphatic carbocycles. The van der Waals surface area contributed by atoms with Gasteiger partial charge in [-0.25, -0.2) is 0 Å². The summed E-state index contributed by atoms with van der Waals surface area (Å²) in [6, 6.07) is 2.02. The molecule has 1 rings (SSSR count). The third kappa shape index (κ3) is 3.69. The summed E-state index contributed by atoms with van der Waals surface area (Å²) in [6.07, 6.45) is 1.25. The Kier molecular flexibility index (Phi) is 5.03. The maximum Gasteiger partial charge on any atom is 0.0244 e. The summed E-state index contributed by atoms with van der Waals surface area (Å²) >= 11 is 0. The van der Waals surface area contributed by atoms with Crippen LogP contribution in [0.2, 0.25) is 0 Å². The predicted molar refractivity (Wildman–Crippen MR) is 76.3 cm³/mol. The molecule has 0 bridgehead atoms. The highest BCUT2D eigenvalue weighted by Crippen LogP contribution is 2.26. The molecular weight excluding hydrogens is 208 g/mol. The Balaban J connectivity index is 2.75. The van der Waals surface area contributed by atoms with E-state index in [0.29, 0.717) is 23.5 Å². The van der Waals surface area contributed by atoms with E-state index in [1.54, 1.807) is 0 Å². The van der Waals surface area contributed by atoms with Crippen LogP contribution in [0.3, 0.4) is 0 Å². The predicted octanol–water partition coefficient (Wildman–Crippen LogP) is 3.13. The molecule has 1 N–H and O–H groups in total. The highest BCUT2D eigenvalue weighted by Gasteiger charge is 2.35. The molecule has 1 aliphatic rings. The average Bonchev–Trinajstić information content (AvgIpc) is 2.25. The Hall–Kier alpha value is -0.0800. The highest BCUT2D eigenvalue weighted by molar-refractivity contribution is 4.93. The topological polar surface area (TPSA) is 15.3 Å². The Morgan fingerprint density at radius 3 is 2.24 bits per heavy atom. The molecule has 102 valence electrons. The molecule has 0 saturated carbocycles. The molecule has 1 heterocycles. The van der Waals surface area contributed by atoms with Gasteiger partial charge < -0.3 is 5.32 Å². The zero-order valence-corrected chi connectivity index (χ0v) is 12.9. The lowest BCUT2D eigenvalue weighted by Gasteiger charge is -2.48. The number of nitrogens with zero attached hydrogens (tertiary/aromatic N) is 1. The van der Waals surface area contributed by atoms with E-state index in [0.717, 1.165) is 12.5 Å². The lowest BCUT2D eigenvalue weighted by atomic mass is 9.83. The van der Waals surface area contributed by atoms with E-state index < -0.39 is 0 Å². The van der Waals surface area contributed by atoms with Gasteiger partial charge in [-0.05, 0) is 24.7 Å². The van der Waals surface area contributed by atoms with Crippen molar-refractivity contribution in [3.05, 3.63) is 0 Å². The number of nitrogens with one attached hydrogen (secondary N) is 1. The van der Waals surface area contributed by atoms with Gasteiger partial charge in [0.05, 0.1) is 0 Å². The monoisotopic (exact) mass is 240 g/mol. The summed E-state index contributed by atoms with van der Waals surface area (Å²) in [7, 11) is 0. The quantitative estimate of drug-likeness (QED) is 0.815. The molecule has 2 nitrogen and oxygen atoms in total. The zero-order chi connectivity index (χ0) is 13.2. The molecule has 17 heavy (non-hydrogen) atoms. The van der Waals surface area contributed by atoms with Crippen LogP contribution >= 0.6 is 0 Å². The molecular formula is C15H32N2. The minimum Gasteiger partial charge on any atom is -0.311 e. The molecule has 2 heteroatoms. The van der Waals surface area contributed by atoms with Crippen LogP contribution in [-0.2, 0) is 0 Å². The summed E-state index contributed by atoms with van der Waals surface area (Å²) in [5.41, 5.74) is 0.355. The van der Waals surface area contributed by atoms with Crippen LogP contribution in [0.15, 0.2) is 0 Å². The smallest absolute Gasteiger partial charge is 0.0244 e. The van der Waals surface area contributed by atoms with Gasteiger partial charge in [0.25, 0.3) is 0 Å². The largest absolute Gasteiger partial charge is 0.311 e. The van der Waals surface area contributed by atoms with Gasteiger partial charge in [0, 0.05) is 31.2 Å². The van der Waals surface area contributed by atoms with Crippen molar-refractivity contribution in [2.24, 2.45) is 11.3 Å². The van der Waals surface area contributed by atoms with E-state index >= 15 is 0 Å². The Labute approximate surface area is 108 Å². The molecule has 0 aromatic carbocycles. The van der Waals surface area contributed by atoms with Crippen LogP contribution in [0.1, 0.15) is 54.9 Å². The fraction of sp³-hybridized carbons (Fsp3) is 1.00. The van der Waals surface area contributed by atoms with Crippen LogP contribution < -0.4 is 5.32 Å². The van der Waals surface area contributed by atoms with Crippen LogP contribution in [0.25, 0.3) is 0 Å². The second-order valence-corrected chi connectivity index (χ2v) is 7.07. The first-order valence-electron chi connectivity index (χ1n) is 7.26. The van der Waals surface area contributed by atoms with Crippen molar-refractivity contribution in [2.75, 3.05) is 13.1 Å². The molecule has 0 aromatic heterocycles. The molecule has 1 fully saturated rings. The first-order chi connectivity index (χ1) is 7.77. The maximum atomic E-state index is 3.74. The van der Waals surface area contributed by atoms with Crippen molar-refractivity contribution in [1.82, 2.24) is 10.2 Å². The van der Waals surface area contributed by atoms with E-state index in [1.807, 2.05) is 0 Å². The minimum atomic E-state index is 0.355. The second-order valence-electron chi connectivity index (χ2n) is 7.07. The van der Waals surface area contributed by atoms with Gasteiger partial charge in [-0.15, -0.1) is 0 Å². The van der Waals surface area contributed by atoms with E-state index in [9.17, 15) is 0 Å². The van der Waals surface area contributed by atoms with Crippen molar-refractivity contribution in [1.29, 1.82) is 0 Å². The summed E-state index contributed by atoms with van der Waals surface area (Å²) in [4.78, 5) is 2.73. The van der Waals surface area contributed by atoms with Crippen molar-refractivity contribution < 1.29 is 0 Å². The zero-order valence-electron chi connectivity index (χ0n) is 12.9. The average molecular weight is 240 g/mol. The number of piperazine rings is 1. The van der Waals surface area contributed by atoms with Crippen LogP contribution in [0.5, 0.6) is 0 Å². The van der Waals surface area contributed by atoms with Gasteiger partial charge in [-0.3, -0.25) is 4.90 Å². The first-order valence-corrected chi connectivity index (χ1v) is 7.26. The summed E-state index contributed by atoms with van der Waals surface area (Å²) < 4.78 is 0. The summed E-state index contributed by atoms with van der Waals surface area (Å²) in [5.74, 6) is 0.739. The molecule has 0 amide bonds. The molecule has 3 atom stereocenters. The van der Waals surface area contributed by atoms with E-state index in [4.69, 9.17) is 0 Å². The van der Waals surface area contributed by atoms with Crippen LogP contribution in [0.4, 0.5) is 0 Å². The lowest BCUT2D eigenvalue weighted by Crippen LogP contribution is -2.62. The molecule has 1 aliphatic heterocycles.